The lowest BCUT2D eigenvalue weighted by molar-refractivity contribution is 0.0595. The number of carbonyl (C=O) groups is 1. The molecule has 0 aliphatic heterocycles. The van der Waals surface area contributed by atoms with E-state index in [-0.39, 0.29) is 6.61 Å². The molecule has 7 nitrogen and oxygen atoms in total. The third-order valence-electron chi connectivity index (χ3n) is 4.57. The van der Waals surface area contributed by atoms with Gasteiger partial charge in [-0.3, -0.25) is 0 Å². The summed E-state index contributed by atoms with van der Waals surface area (Å²) in [5.74, 6) is 1.35. The van der Waals surface area contributed by atoms with Crippen molar-refractivity contribution in [3.63, 3.8) is 0 Å². The molecule has 0 aromatic heterocycles. The number of carbonyl (C=O) groups excluding carboxylic acids is 1. The van der Waals surface area contributed by atoms with Gasteiger partial charge in [0.15, 0.2) is 5.17 Å². The molecule has 3 aromatic rings. The molecule has 0 atom stereocenters. The lowest BCUT2D eigenvalue weighted by Gasteiger charge is -2.13. The van der Waals surface area contributed by atoms with Crippen molar-refractivity contribution in [3.05, 3.63) is 95.1 Å². The largest absolute Gasteiger partial charge is 0.496 e. The summed E-state index contributed by atoms with van der Waals surface area (Å²) >= 11 is 1.42. The van der Waals surface area contributed by atoms with E-state index in [1.54, 1.807) is 37.6 Å². The summed E-state index contributed by atoms with van der Waals surface area (Å²) < 4.78 is 16.1. The number of thioether (sulfide) groups is 1. The average Bonchev–Trinajstić information content (AvgIpc) is 2.86. The van der Waals surface area contributed by atoms with Crippen molar-refractivity contribution >= 4 is 29.1 Å². The zero-order valence-corrected chi connectivity index (χ0v) is 19.2. The maximum Gasteiger partial charge on any atom is 0.341 e. The fourth-order valence-corrected chi connectivity index (χ4v) is 3.54. The smallest absolute Gasteiger partial charge is 0.341 e. The Balaban J connectivity index is 1.66. The van der Waals surface area contributed by atoms with Crippen LogP contribution in [0.4, 0.5) is 0 Å². The van der Waals surface area contributed by atoms with Crippen LogP contribution < -0.4 is 15.2 Å². The van der Waals surface area contributed by atoms with Crippen LogP contribution in [0, 0.1) is 0 Å². The third kappa shape index (κ3) is 7.11. The number of rotatable bonds is 9. The standard InChI is InChI=1S/C25H25N3O4S/c1-30-22-13-12-19(15-27-28-25(26)33-17-18-8-4-3-5-9-18)14-20(22)16-32-23-11-7-6-10-21(23)24(29)31-2/h3-15H,16-17H2,1-2H3,(H2,26,28). The van der Waals surface area contributed by atoms with Gasteiger partial charge >= 0.3 is 5.97 Å². The predicted molar refractivity (Wildman–Crippen MR) is 132 cm³/mol. The summed E-state index contributed by atoms with van der Waals surface area (Å²) in [5.41, 5.74) is 9.06. The van der Waals surface area contributed by atoms with E-state index in [0.29, 0.717) is 22.2 Å². The van der Waals surface area contributed by atoms with Gasteiger partial charge in [0.25, 0.3) is 0 Å². The normalized spacial score (nSPS) is 11.4. The minimum atomic E-state index is -0.459. The fourth-order valence-electron chi connectivity index (χ4n) is 2.93. The molecule has 3 rings (SSSR count). The monoisotopic (exact) mass is 463 g/mol. The number of para-hydroxylation sites is 1. The van der Waals surface area contributed by atoms with E-state index in [2.05, 4.69) is 10.2 Å². The Labute approximate surface area is 197 Å². The van der Waals surface area contributed by atoms with Crippen molar-refractivity contribution in [1.82, 2.24) is 0 Å². The Kier molecular flexibility index (Phi) is 8.90. The Morgan fingerprint density at radius 3 is 2.52 bits per heavy atom. The van der Waals surface area contributed by atoms with Crippen molar-refractivity contribution < 1.29 is 19.0 Å². The van der Waals surface area contributed by atoms with Crippen LogP contribution in [-0.2, 0) is 17.1 Å². The van der Waals surface area contributed by atoms with Crippen LogP contribution in [0.15, 0.2) is 83.0 Å². The minimum Gasteiger partial charge on any atom is -0.496 e. The molecule has 0 heterocycles. The van der Waals surface area contributed by atoms with Crippen molar-refractivity contribution in [1.29, 1.82) is 0 Å². The molecule has 0 radical (unpaired) electrons. The third-order valence-corrected chi connectivity index (χ3v) is 5.43. The van der Waals surface area contributed by atoms with E-state index in [0.717, 1.165) is 22.4 Å². The maximum atomic E-state index is 12.0. The molecule has 2 N–H and O–H groups in total. The van der Waals surface area contributed by atoms with Crippen molar-refractivity contribution in [3.8, 4) is 11.5 Å². The molecule has 0 fully saturated rings. The minimum absolute atomic E-state index is 0.192. The van der Waals surface area contributed by atoms with Gasteiger partial charge in [0, 0.05) is 11.3 Å². The van der Waals surface area contributed by atoms with Crippen LogP contribution in [0.2, 0.25) is 0 Å². The molecule has 33 heavy (non-hydrogen) atoms. The number of nitrogens with two attached hydrogens (primary N) is 1. The van der Waals surface area contributed by atoms with E-state index in [4.69, 9.17) is 19.9 Å². The van der Waals surface area contributed by atoms with Crippen LogP contribution in [0.25, 0.3) is 0 Å². The molecular weight excluding hydrogens is 438 g/mol. The molecular formula is C25H25N3O4S. The highest BCUT2D eigenvalue weighted by molar-refractivity contribution is 8.13. The van der Waals surface area contributed by atoms with Crippen molar-refractivity contribution in [2.75, 3.05) is 14.2 Å². The lowest BCUT2D eigenvalue weighted by atomic mass is 10.1. The Morgan fingerprint density at radius 1 is 1.00 bits per heavy atom. The summed E-state index contributed by atoms with van der Waals surface area (Å²) in [5, 5.41) is 8.53. The molecule has 0 bridgehead atoms. The van der Waals surface area contributed by atoms with E-state index in [9.17, 15) is 4.79 Å². The van der Waals surface area contributed by atoms with Gasteiger partial charge in [0.2, 0.25) is 0 Å². The first-order chi connectivity index (χ1) is 16.1. The second kappa shape index (κ2) is 12.3. The highest BCUT2D eigenvalue weighted by atomic mass is 32.2. The number of methoxy groups -OCH3 is 2. The number of amidine groups is 1. The van der Waals surface area contributed by atoms with Gasteiger partial charge < -0.3 is 19.9 Å². The summed E-state index contributed by atoms with van der Waals surface area (Å²) in [6, 6.07) is 22.5. The zero-order valence-electron chi connectivity index (χ0n) is 18.4. The lowest BCUT2D eigenvalue weighted by Crippen LogP contribution is -2.06. The van der Waals surface area contributed by atoms with Gasteiger partial charge in [-0.05, 0) is 41.5 Å². The Morgan fingerprint density at radius 2 is 1.76 bits per heavy atom. The summed E-state index contributed by atoms with van der Waals surface area (Å²) in [4.78, 5) is 12.0. The number of hydrogen-bond donors (Lipinski definition) is 1. The number of benzene rings is 3. The van der Waals surface area contributed by atoms with E-state index in [1.165, 1.54) is 18.9 Å². The molecule has 0 spiro atoms. The second-order valence-corrected chi connectivity index (χ2v) is 7.80. The van der Waals surface area contributed by atoms with Gasteiger partial charge in [-0.2, -0.15) is 5.10 Å². The van der Waals surface area contributed by atoms with Gasteiger partial charge in [-0.1, -0.05) is 54.2 Å². The molecule has 0 amide bonds. The van der Waals surface area contributed by atoms with Crippen LogP contribution in [-0.4, -0.2) is 31.6 Å². The maximum absolute atomic E-state index is 12.0. The van der Waals surface area contributed by atoms with Crippen molar-refractivity contribution in [2.24, 2.45) is 15.9 Å². The van der Waals surface area contributed by atoms with E-state index < -0.39 is 5.97 Å². The van der Waals surface area contributed by atoms with Crippen LogP contribution in [0.1, 0.15) is 27.0 Å². The van der Waals surface area contributed by atoms with E-state index >= 15 is 0 Å². The summed E-state index contributed by atoms with van der Waals surface area (Å²) in [7, 11) is 2.92. The van der Waals surface area contributed by atoms with Gasteiger partial charge in [-0.15, -0.1) is 5.10 Å². The second-order valence-electron chi connectivity index (χ2n) is 6.80. The highest BCUT2D eigenvalue weighted by Crippen LogP contribution is 2.24. The number of nitrogens with zero attached hydrogens (tertiary/aromatic N) is 2. The molecule has 0 aliphatic rings. The van der Waals surface area contributed by atoms with Crippen LogP contribution in [0.3, 0.4) is 0 Å². The van der Waals surface area contributed by atoms with E-state index in [1.807, 2.05) is 48.5 Å². The van der Waals surface area contributed by atoms with Gasteiger partial charge in [0.05, 0.1) is 20.4 Å². The number of esters is 1. The molecule has 0 aliphatic carbocycles. The summed E-state index contributed by atoms with van der Waals surface area (Å²) in [6.07, 6.45) is 1.61. The molecule has 0 saturated heterocycles. The summed E-state index contributed by atoms with van der Waals surface area (Å²) in [6.45, 7) is 0.192. The topological polar surface area (TPSA) is 95.5 Å². The van der Waals surface area contributed by atoms with Gasteiger partial charge in [0.1, 0.15) is 23.7 Å². The zero-order chi connectivity index (χ0) is 23.5. The quantitative estimate of drug-likeness (QED) is 0.215. The van der Waals surface area contributed by atoms with Crippen LogP contribution in [0.5, 0.6) is 11.5 Å². The Hall–Kier alpha value is -3.78. The average molecular weight is 464 g/mol. The first-order valence-electron chi connectivity index (χ1n) is 10.1. The van der Waals surface area contributed by atoms with Gasteiger partial charge in [-0.25, -0.2) is 4.79 Å². The fraction of sp³-hybridized carbons (Fsp3) is 0.160. The molecule has 8 heteroatoms. The molecule has 0 saturated carbocycles. The predicted octanol–water partition coefficient (Wildman–Crippen LogP) is 4.64. The highest BCUT2D eigenvalue weighted by Gasteiger charge is 2.13. The number of ether oxygens (including phenoxy) is 3. The first-order valence-corrected chi connectivity index (χ1v) is 11.1. The molecule has 170 valence electrons. The Bertz CT molecular complexity index is 1130. The number of hydrogen-bond acceptors (Lipinski definition) is 7. The molecule has 0 unspecified atom stereocenters. The van der Waals surface area contributed by atoms with Crippen molar-refractivity contribution in [2.45, 2.75) is 12.4 Å². The first kappa shape index (κ1) is 23.9. The van der Waals surface area contributed by atoms with Crippen LogP contribution >= 0.6 is 11.8 Å². The molecule has 3 aromatic carbocycles. The SMILES string of the molecule is COC(=O)c1ccccc1OCc1cc(C=NN=C(N)SCc2ccccc2)ccc1OC.